The van der Waals surface area contributed by atoms with Crippen molar-refractivity contribution in [3.05, 3.63) is 58.1 Å². The van der Waals surface area contributed by atoms with E-state index in [0.717, 1.165) is 9.87 Å². The molecule has 0 unspecified atom stereocenters. The molecule has 122 valence electrons. The first-order valence-corrected chi connectivity index (χ1v) is 8.67. The molecule has 0 amide bonds. The average molecular weight is 374 g/mol. The van der Waals surface area contributed by atoms with Crippen LogP contribution in [0.1, 0.15) is 5.56 Å². The maximum absolute atomic E-state index is 12.8. The Balaban J connectivity index is 2.54. The summed E-state index contributed by atoms with van der Waals surface area (Å²) >= 11 is 11.7. The molecule has 0 radical (unpaired) electrons. The number of carboxylic acids is 1. The lowest BCUT2D eigenvalue weighted by molar-refractivity contribution is -0.135. The Bertz CT molecular complexity index is 835. The number of hydrogen-bond donors (Lipinski definition) is 1. The summed E-state index contributed by atoms with van der Waals surface area (Å²) in [6.45, 7) is 1.14. The van der Waals surface area contributed by atoms with Gasteiger partial charge in [0.05, 0.1) is 20.6 Å². The molecule has 0 saturated heterocycles. The normalized spacial score (nSPS) is 11.3. The van der Waals surface area contributed by atoms with Gasteiger partial charge in [-0.3, -0.25) is 9.10 Å². The highest BCUT2D eigenvalue weighted by atomic mass is 35.5. The Morgan fingerprint density at radius 1 is 1.09 bits per heavy atom. The molecule has 0 aliphatic carbocycles. The predicted molar refractivity (Wildman–Crippen MR) is 89.8 cm³/mol. The van der Waals surface area contributed by atoms with E-state index in [0.29, 0.717) is 0 Å². The van der Waals surface area contributed by atoms with Crippen molar-refractivity contribution in [3.8, 4) is 0 Å². The minimum Gasteiger partial charge on any atom is -0.480 e. The summed E-state index contributed by atoms with van der Waals surface area (Å²) in [5, 5.41) is 9.34. The molecule has 8 heteroatoms. The zero-order valence-corrected chi connectivity index (χ0v) is 14.4. The van der Waals surface area contributed by atoms with Gasteiger partial charge in [-0.05, 0) is 37.3 Å². The highest BCUT2D eigenvalue weighted by Gasteiger charge is 2.27. The minimum atomic E-state index is -4.09. The lowest BCUT2D eigenvalue weighted by atomic mass is 10.2. The predicted octanol–water partition coefficient (Wildman–Crippen LogP) is 3.58. The lowest BCUT2D eigenvalue weighted by Gasteiger charge is -2.23. The number of aliphatic carboxylic acids is 1. The van der Waals surface area contributed by atoms with E-state index in [-0.39, 0.29) is 20.6 Å². The van der Waals surface area contributed by atoms with Crippen LogP contribution in [0, 0.1) is 6.92 Å². The summed E-state index contributed by atoms with van der Waals surface area (Å²) in [5.74, 6) is -1.27. The molecule has 1 N–H and O–H groups in total. The highest BCUT2D eigenvalue weighted by molar-refractivity contribution is 7.92. The lowest BCUT2D eigenvalue weighted by Crippen LogP contribution is -2.35. The number of carbonyl (C=O) groups is 1. The Hall–Kier alpha value is -1.76. The van der Waals surface area contributed by atoms with E-state index in [9.17, 15) is 13.2 Å². The first kappa shape index (κ1) is 17.6. The first-order valence-electron chi connectivity index (χ1n) is 6.48. The molecule has 5 nitrogen and oxygen atoms in total. The molecule has 2 aromatic carbocycles. The number of nitrogens with zero attached hydrogens (tertiary/aromatic N) is 1. The number of hydrogen-bond acceptors (Lipinski definition) is 3. The summed E-state index contributed by atoms with van der Waals surface area (Å²) in [4.78, 5) is 11.0. The van der Waals surface area contributed by atoms with E-state index < -0.39 is 22.5 Å². The number of benzene rings is 2. The van der Waals surface area contributed by atoms with Crippen molar-refractivity contribution < 1.29 is 18.3 Å². The molecule has 0 bridgehead atoms. The van der Waals surface area contributed by atoms with Crippen LogP contribution < -0.4 is 4.31 Å². The molecule has 0 atom stereocenters. The fraction of sp³-hybridized carbons (Fsp3) is 0.133. The Morgan fingerprint density at radius 3 is 2.22 bits per heavy atom. The minimum absolute atomic E-state index is 0.0759. The van der Waals surface area contributed by atoms with Crippen LogP contribution in [0.2, 0.25) is 10.0 Å². The fourth-order valence-corrected chi connectivity index (χ4v) is 3.72. The fourth-order valence-electron chi connectivity index (χ4n) is 1.91. The van der Waals surface area contributed by atoms with E-state index >= 15 is 0 Å². The van der Waals surface area contributed by atoms with Crippen molar-refractivity contribution in [2.24, 2.45) is 0 Å². The number of sulfonamides is 1. The van der Waals surface area contributed by atoms with Gasteiger partial charge in [0, 0.05) is 0 Å². The first-order chi connectivity index (χ1) is 10.7. The Morgan fingerprint density at radius 2 is 1.70 bits per heavy atom. The van der Waals surface area contributed by atoms with E-state index in [1.54, 1.807) is 24.3 Å². The molecule has 0 aliphatic rings. The second-order valence-electron chi connectivity index (χ2n) is 4.82. The van der Waals surface area contributed by atoms with Gasteiger partial charge < -0.3 is 5.11 Å². The van der Waals surface area contributed by atoms with Crippen LogP contribution in [0.3, 0.4) is 0 Å². The van der Waals surface area contributed by atoms with Gasteiger partial charge in [0.15, 0.2) is 0 Å². The van der Waals surface area contributed by atoms with Gasteiger partial charge in [-0.25, -0.2) is 8.42 Å². The molecule has 0 saturated carbocycles. The quantitative estimate of drug-likeness (QED) is 0.868. The van der Waals surface area contributed by atoms with Gasteiger partial charge >= 0.3 is 5.97 Å². The molecule has 0 heterocycles. The highest BCUT2D eigenvalue weighted by Crippen LogP contribution is 2.29. The zero-order valence-electron chi connectivity index (χ0n) is 12.0. The SMILES string of the molecule is Cc1ccc(N(CC(=O)O)S(=O)(=O)c2ccc(Cl)c(Cl)c2)cc1. The molecule has 2 aromatic rings. The van der Waals surface area contributed by atoms with Crippen molar-refractivity contribution in [2.45, 2.75) is 11.8 Å². The van der Waals surface area contributed by atoms with Gasteiger partial charge in [-0.15, -0.1) is 0 Å². The van der Waals surface area contributed by atoms with Crippen LogP contribution in [0.5, 0.6) is 0 Å². The van der Waals surface area contributed by atoms with Crippen molar-refractivity contribution in [2.75, 3.05) is 10.8 Å². The molecule has 0 aromatic heterocycles. The van der Waals surface area contributed by atoms with Crippen LogP contribution in [0.15, 0.2) is 47.4 Å². The van der Waals surface area contributed by atoms with Crippen molar-refractivity contribution in [3.63, 3.8) is 0 Å². The summed E-state index contributed by atoms with van der Waals surface area (Å²) in [5.41, 5.74) is 1.18. The van der Waals surface area contributed by atoms with E-state index in [4.69, 9.17) is 28.3 Å². The maximum atomic E-state index is 12.8. The maximum Gasteiger partial charge on any atom is 0.324 e. The number of rotatable bonds is 5. The Labute approximate surface area is 144 Å². The monoisotopic (exact) mass is 373 g/mol. The van der Waals surface area contributed by atoms with Crippen molar-refractivity contribution >= 4 is 44.9 Å². The standard InChI is InChI=1S/C15H13Cl2NO4S/c1-10-2-4-11(5-3-10)18(9-15(19)20)23(21,22)12-6-7-13(16)14(17)8-12/h2-8H,9H2,1H3,(H,19,20). The molecule has 23 heavy (non-hydrogen) atoms. The van der Waals surface area contributed by atoms with Gasteiger partial charge in [0.1, 0.15) is 6.54 Å². The third-order valence-electron chi connectivity index (χ3n) is 3.08. The summed E-state index contributed by atoms with van der Waals surface area (Å²) in [6, 6.07) is 10.3. The zero-order chi connectivity index (χ0) is 17.2. The van der Waals surface area contributed by atoms with Gasteiger partial charge in [-0.1, -0.05) is 40.9 Å². The smallest absolute Gasteiger partial charge is 0.324 e. The molecule has 0 aliphatic heterocycles. The third kappa shape index (κ3) is 3.96. The molecule has 2 rings (SSSR count). The van der Waals surface area contributed by atoms with E-state index in [2.05, 4.69) is 0 Å². The average Bonchev–Trinajstić information content (AvgIpc) is 2.48. The van der Waals surface area contributed by atoms with Gasteiger partial charge in [-0.2, -0.15) is 0 Å². The summed E-state index contributed by atoms with van der Waals surface area (Å²) < 4.78 is 26.4. The molecular weight excluding hydrogens is 361 g/mol. The van der Waals surface area contributed by atoms with Crippen LogP contribution in [-0.4, -0.2) is 26.0 Å². The van der Waals surface area contributed by atoms with Crippen LogP contribution in [-0.2, 0) is 14.8 Å². The van der Waals surface area contributed by atoms with Gasteiger partial charge in [0.2, 0.25) is 0 Å². The van der Waals surface area contributed by atoms with Crippen molar-refractivity contribution in [1.82, 2.24) is 0 Å². The number of carboxylic acid groups (broad SMARTS) is 1. The van der Waals surface area contributed by atoms with Crippen LogP contribution in [0.4, 0.5) is 5.69 Å². The van der Waals surface area contributed by atoms with Gasteiger partial charge in [0.25, 0.3) is 10.0 Å². The number of anilines is 1. The Kier molecular flexibility index (Phi) is 5.19. The molecule has 0 fully saturated rings. The van der Waals surface area contributed by atoms with Crippen LogP contribution >= 0.6 is 23.2 Å². The second-order valence-corrected chi connectivity index (χ2v) is 7.49. The topological polar surface area (TPSA) is 74.7 Å². The number of halogens is 2. The van der Waals surface area contributed by atoms with Crippen molar-refractivity contribution in [1.29, 1.82) is 0 Å². The van der Waals surface area contributed by atoms with E-state index in [1.807, 2.05) is 6.92 Å². The number of aryl methyl sites for hydroxylation is 1. The second kappa shape index (κ2) is 6.78. The largest absolute Gasteiger partial charge is 0.480 e. The molecular formula is C15H13Cl2NO4S. The van der Waals surface area contributed by atoms with Crippen LogP contribution in [0.25, 0.3) is 0 Å². The summed E-state index contributed by atoms with van der Waals surface area (Å²) in [7, 11) is -4.09. The van der Waals surface area contributed by atoms with E-state index in [1.165, 1.54) is 18.2 Å². The summed E-state index contributed by atoms with van der Waals surface area (Å²) in [6.07, 6.45) is 0. The third-order valence-corrected chi connectivity index (χ3v) is 5.59. The molecule has 0 spiro atoms.